The number of hydrogen-bond donors (Lipinski definition) is 3. The van der Waals surface area contributed by atoms with Crippen LogP contribution in [0.3, 0.4) is 0 Å². The molecule has 1 aliphatic carbocycles. The van der Waals surface area contributed by atoms with E-state index in [-0.39, 0.29) is 18.0 Å². The second-order valence-electron chi connectivity index (χ2n) is 5.01. The van der Waals surface area contributed by atoms with Gasteiger partial charge in [0, 0.05) is 16.8 Å². The number of carboxylic acids is 1. The van der Waals surface area contributed by atoms with Gasteiger partial charge in [0.05, 0.1) is 5.92 Å². The molecular weight excluding hydrogens is 280 g/mol. The van der Waals surface area contributed by atoms with Crippen molar-refractivity contribution in [1.29, 1.82) is 0 Å². The number of anilines is 1. The Bertz CT molecular complexity index is 507. The van der Waals surface area contributed by atoms with Crippen molar-refractivity contribution in [2.75, 3.05) is 5.32 Å². The van der Waals surface area contributed by atoms with Crippen LogP contribution < -0.4 is 10.6 Å². The van der Waals surface area contributed by atoms with E-state index in [9.17, 15) is 9.59 Å². The highest BCUT2D eigenvalue weighted by Crippen LogP contribution is 2.24. The highest BCUT2D eigenvalue weighted by atomic mass is 35.5. The lowest BCUT2D eigenvalue weighted by Gasteiger charge is -2.27. The molecule has 0 aromatic heterocycles. The van der Waals surface area contributed by atoms with Crippen molar-refractivity contribution in [3.05, 3.63) is 29.3 Å². The Labute approximate surface area is 122 Å². The highest BCUT2D eigenvalue weighted by Gasteiger charge is 2.27. The summed E-state index contributed by atoms with van der Waals surface area (Å²) in [6.07, 6.45) is 2.80. The van der Waals surface area contributed by atoms with E-state index < -0.39 is 5.97 Å². The highest BCUT2D eigenvalue weighted by molar-refractivity contribution is 6.30. The van der Waals surface area contributed by atoms with Crippen LogP contribution in [0, 0.1) is 5.92 Å². The third-order valence-electron chi connectivity index (χ3n) is 3.44. The Hall–Kier alpha value is -1.75. The van der Waals surface area contributed by atoms with E-state index in [0.29, 0.717) is 23.6 Å². The number of halogens is 1. The van der Waals surface area contributed by atoms with Crippen LogP contribution in [0.15, 0.2) is 24.3 Å². The summed E-state index contributed by atoms with van der Waals surface area (Å²) in [5.74, 6) is -1.15. The van der Waals surface area contributed by atoms with Crippen LogP contribution in [-0.4, -0.2) is 23.1 Å². The first-order valence-electron chi connectivity index (χ1n) is 6.60. The van der Waals surface area contributed by atoms with Crippen LogP contribution in [0.4, 0.5) is 10.5 Å². The van der Waals surface area contributed by atoms with Gasteiger partial charge in [0.15, 0.2) is 0 Å². The van der Waals surface area contributed by atoms with E-state index in [1.807, 2.05) is 0 Å². The molecule has 3 N–H and O–H groups in total. The molecule has 5 nitrogen and oxygen atoms in total. The van der Waals surface area contributed by atoms with Gasteiger partial charge in [-0.05, 0) is 37.5 Å². The second kappa shape index (κ2) is 6.61. The molecule has 2 rings (SSSR count). The Kier molecular flexibility index (Phi) is 4.84. The Morgan fingerprint density at radius 3 is 2.80 bits per heavy atom. The van der Waals surface area contributed by atoms with Crippen molar-refractivity contribution < 1.29 is 14.7 Å². The monoisotopic (exact) mass is 296 g/mol. The molecule has 108 valence electrons. The fraction of sp³-hybridized carbons (Fsp3) is 0.429. The maximum absolute atomic E-state index is 11.9. The van der Waals surface area contributed by atoms with Gasteiger partial charge in [0.25, 0.3) is 0 Å². The third kappa shape index (κ3) is 4.13. The SMILES string of the molecule is O=C(Nc1cccc(Cl)c1)NC1CCCC(C(=O)O)C1. The van der Waals surface area contributed by atoms with Crippen molar-refractivity contribution >= 4 is 29.3 Å². The van der Waals surface area contributed by atoms with Gasteiger partial charge in [0.1, 0.15) is 0 Å². The lowest BCUT2D eigenvalue weighted by molar-refractivity contribution is -0.143. The molecule has 6 heteroatoms. The summed E-state index contributed by atoms with van der Waals surface area (Å²) in [5, 5.41) is 15.1. The summed E-state index contributed by atoms with van der Waals surface area (Å²) < 4.78 is 0. The molecule has 1 saturated carbocycles. The summed E-state index contributed by atoms with van der Waals surface area (Å²) >= 11 is 5.84. The van der Waals surface area contributed by atoms with Crippen LogP contribution >= 0.6 is 11.6 Å². The zero-order chi connectivity index (χ0) is 14.5. The molecule has 20 heavy (non-hydrogen) atoms. The molecule has 2 unspecified atom stereocenters. The zero-order valence-corrected chi connectivity index (χ0v) is 11.7. The van der Waals surface area contributed by atoms with Crippen LogP contribution in [-0.2, 0) is 4.79 Å². The molecule has 0 radical (unpaired) electrons. The molecular formula is C14H17ClN2O3. The first-order valence-corrected chi connectivity index (χ1v) is 6.98. The summed E-state index contributed by atoms with van der Waals surface area (Å²) in [6, 6.07) is 6.45. The number of carboxylic acid groups (broad SMARTS) is 1. The molecule has 1 aliphatic rings. The molecule has 0 spiro atoms. The molecule has 1 aromatic rings. The van der Waals surface area contributed by atoms with Crippen LogP contribution in [0.25, 0.3) is 0 Å². The van der Waals surface area contributed by atoms with Gasteiger partial charge >= 0.3 is 12.0 Å². The minimum Gasteiger partial charge on any atom is -0.481 e. The Balaban J connectivity index is 1.86. The molecule has 0 saturated heterocycles. The molecule has 1 aromatic carbocycles. The number of rotatable bonds is 3. The van der Waals surface area contributed by atoms with Crippen molar-refractivity contribution in [3.8, 4) is 0 Å². The average Bonchev–Trinajstić information content (AvgIpc) is 2.38. The standard InChI is InChI=1S/C14H17ClN2O3/c15-10-4-2-6-12(8-10)17-14(20)16-11-5-1-3-9(7-11)13(18)19/h2,4,6,8-9,11H,1,3,5,7H2,(H,18,19)(H2,16,17,20). The van der Waals surface area contributed by atoms with E-state index in [2.05, 4.69) is 10.6 Å². The Morgan fingerprint density at radius 1 is 1.30 bits per heavy atom. The van der Waals surface area contributed by atoms with Crippen LogP contribution in [0.2, 0.25) is 5.02 Å². The largest absolute Gasteiger partial charge is 0.481 e. The summed E-state index contributed by atoms with van der Waals surface area (Å²) in [6.45, 7) is 0. The predicted molar refractivity (Wildman–Crippen MR) is 77.0 cm³/mol. The number of aliphatic carboxylic acids is 1. The number of nitrogens with one attached hydrogen (secondary N) is 2. The Morgan fingerprint density at radius 2 is 2.10 bits per heavy atom. The lowest BCUT2D eigenvalue weighted by atomic mass is 9.86. The average molecular weight is 297 g/mol. The van der Waals surface area contributed by atoms with Gasteiger partial charge in [0.2, 0.25) is 0 Å². The van der Waals surface area contributed by atoms with E-state index in [1.54, 1.807) is 24.3 Å². The number of carbonyl (C=O) groups excluding carboxylic acids is 1. The predicted octanol–water partition coefficient (Wildman–Crippen LogP) is 3.10. The second-order valence-corrected chi connectivity index (χ2v) is 5.44. The van der Waals surface area contributed by atoms with Gasteiger partial charge in [-0.1, -0.05) is 24.1 Å². The normalized spacial score (nSPS) is 22.1. The molecule has 2 amide bonds. The van der Waals surface area contributed by atoms with Crippen LogP contribution in [0.5, 0.6) is 0 Å². The quantitative estimate of drug-likeness (QED) is 0.802. The van der Waals surface area contributed by atoms with Gasteiger partial charge in [-0.25, -0.2) is 4.79 Å². The van der Waals surface area contributed by atoms with Crippen LogP contribution in [0.1, 0.15) is 25.7 Å². The fourth-order valence-electron chi connectivity index (χ4n) is 2.46. The number of carbonyl (C=O) groups is 2. The zero-order valence-electron chi connectivity index (χ0n) is 10.9. The van der Waals surface area contributed by atoms with E-state index >= 15 is 0 Å². The minimum absolute atomic E-state index is 0.0935. The number of hydrogen-bond acceptors (Lipinski definition) is 2. The van der Waals surface area contributed by atoms with Gasteiger partial charge in [-0.2, -0.15) is 0 Å². The topological polar surface area (TPSA) is 78.4 Å². The van der Waals surface area contributed by atoms with E-state index in [4.69, 9.17) is 16.7 Å². The van der Waals surface area contributed by atoms with Gasteiger partial charge in [-0.3, -0.25) is 4.79 Å². The molecule has 0 bridgehead atoms. The minimum atomic E-state index is -0.785. The van der Waals surface area contributed by atoms with E-state index in [0.717, 1.165) is 12.8 Å². The van der Waals surface area contributed by atoms with Crippen molar-refractivity contribution in [2.45, 2.75) is 31.7 Å². The van der Waals surface area contributed by atoms with Gasteiger partial charge < -0.3 is 15.7 Å². The lowest BCUT2D eigenvalue weighted by Crippen LogP contribution is -2.42. The number of amides is 2. The third-order valence-corrected chi connectivity index (χ3v) is 3.68. The summed E-state index contributed by atoms with van der Waals surface area (Å²) in [5.41, 5.74) is 0.612. The number of benzene rings is 1. The molecule has 0 aliphatic heterocycles. The fourth-order valence-corrected chi connectivity index (χ4v) is 2.65. The maximum Gasteiger partial charge on any atom is 0.319 e. The first-order chi connectivity index (χ1) is 9.54. The smallest absolute Gasteiger partial charge is 0.319 e. The maximum atomic E-state index is 11.9. The molecule has 2 atom stereocenters. The molecule has 1 fully saturated rings. The first kappa shape index (κ1) is 14.7. The number of urea groups is 1. The van der Waals surface area contributed by atoms with E-state index in [1.165, 1.54) is 0 Å². The van der Waals surface area contributed by atoms with Crippen molar-refractivity contribution in [1.82, 2.24) is 5.32 Å². The van der Waals surface area contributed by atoms with Crippen molar-refractivity contribution in [3.63, 3.8) is 0 Å². The summed E-state index contributed by atoms with van der Waals surface area (Å²) in [4.78, 5) is 22.8. The van der Waals surface area contributed by atoms with Gasteiger partial charge in [-0.15, -0.1) is 0 Å². The molecule has 0 heterocycles. The van der Waals surface area contributed by atoms with Crippen molar-refractivity contribution in [2.24, 2.45) is 5.92 Å². The summed E-state index contributed by atoms with van der Waals surface area (Å²) in [7, 11) is 0.